The van der Waals surface area contributed by atoms with Gasteiger partial charge in [-0.2, -0.15) is 0 Å². The first kappa shape index (κ1) is 27.5. The molecule has 4 rings (SSSR count). The van der Waals surface area contributed by atoms with E-state index in [1.807, 2.05) is 0 Å². The first-order chi connectivity index (χ1) is 17.3. The average Bonchev–Trinajstić information content (AvgIpc) is 3.31. The minimum Gasteiger partial charge on any atom is -0.353 e. The summed E-state index contributed by atoms with van der Waals surface area (Å²) in [6.45, 7) is 0.350. The van der Waals surface area contributed by atoms with Crippen LogP contribution >= 0.6 is 48.0 Å². The third kappa shape index (κ3) is 6.87. The van der Waals surface area contributed by atoms with Crippen molar-refractivity contribution in [1.29, 1.82) is 0 Å². The summed E-state index contributed by atoms with van der Waals surface area (Å²) in [5, 5.41) is 6.11. The molecule has 8 nitrogen and oxygen atoms in total. The summed E-state index contributed by atoms with van der Waals surface area (Å²) in [6.07, 6.45) is 11.2. The molecule has 4 amide bonds. The van der Waals surface area contributed by atoms with E-state index in [4.69, 9.17) is 24.4 Å². The van der Waals surface area contributed by atoms with E-state index in [1.165, 1.54) is 22.6 Å². The van der Waals surface area contributed by atoms with Crippen LogP contribution in [0.15, 0.2) is 9.81 Å². The molecule has 0 unspecified atom stereocenters. The Morgan fingerprint density at radius 3 is 1.42 bits per heavy atom. The van der Waals surface area contributed by atoms with E-state index in [0.29, 0.717) is 8.64 Å². The number of nitrogens with zero attached hydrogens (tertiary/aromatic N) is 2. The molecule has 0 aromatic heterocycles. The van der Waals surface area contributed by atoms with E-state index in [1.54, 1.807) is 0 Å². The van der Waals surface area contributed by atoms with E-state index in [9.17, 15) is 19.2 Å². The van der Waals surface area contributed by atoms with E-state index in [2.05, 4.69) is 10.6 Å². The first-order valence-electron chi connectivity index (χ1n) is 12.7. The third-order valence-electron chi connectivity index (χ3n) is 6.97. The van der Waals surface area contributed by atoms with Gasteiger partial charge < -0.3 is 10.6 Å². The van der Waals surface area contributed by atoms with Gasteiger partial charge in [0.05, 0.1) is 9.81 Å². The minimum atomic E-state index is -0.369. The van der Waals surface area contributed by atoms with Gasteiger partial charge in [-0.15, -0.1) is 0 Å². The molecule has 2 aliphatic carbocycles. The smallest absolute Gasteiger partial charge is 0.267 e. The van der Waals surface area contributed by atoms with Crippen molar-refractivity contribution < 1.29 is 19.2 Å². The maximum atomic E-state index is 13.1. The molecule has 4 aliphatic rings. The van der Waals surface area contributed by atoms with Crippen LogP contribution in [0.2, 0.25) is 0 Å². The predicted molar refractivity (Wildman–Crippen MR) is 150 cm³/mol. The highest BCUT2D eigenvalue weighted by Gasteiger charge is 2.42. The molecular formula is C24H32N4O4S4. The summed E-state index contributed by atoms with van der Waals surface area (Å²) in [6, 6.07) is 0.424. The van der Waals surface area contributed by atoms with Gasteiger partial charge in [-0.05, 0) is 25.7 Å². The monoisotopic (exact) mass is 568 g/mol. The number of carbonyl (C=O) groups is 4. The lowest BCUT2D eigenvalue weighted by atomic mass is 9.95. The second-order valence-electron chi connectivity index (χ2n) is 9.61. The molecule has 2 heterocycles. The Morgan fingerprint density at radius 1 is 0.694 bits per heavy atom. The Kier molecular flexibility index (Phi) is 9.82. The molecule has 0 spiro atoms. The van der Waals surface area contributed by atoms with Crippen LogP contribution in [0.5, 0.6) is 0 Å². The number of hydrogen-bond acceptors (Lipinski definition) is 8. The van der Waals surface area contributed by atoms with E-state index < -0.39 is 0 Å². The van der Waals surface area contributed by atoms with Crippen LogP contribution in [-0.4, -0.2) is 67.2 Å². The minimum absolute atomic E-state index is 0.0891. The topological polar surface area (TPSA) is 98.8 Å². The summed E-state index contributed by atoms with van der Waals surface area (Å²) in [4.78, 5) is 54.2. The zero-order chi connectivity index (χ0) is 25.7. The number of amides is 4. The van der Waals surface area contributed by atoms with Crippen LogP contribution in [0.1, 0.15) is 77.0 Å². The molecule has 0 atom stereocenters. The highest BCUT2D eigenvalue weighted by Crippen LogP contribution is 2.42. The fourth-order valence-electron chi connectivity index (χ4n) is 4.98. The van der Waals surface area contributed by atoms with Crippen molar-refractivity contribution in [1.82, 2.24) is 20.4 Å². The molecule has 4 fully saturated rings. The molecule has 196 valence electrons. The van der Waals surface area contributed by atoms with Gasteiger partial charge in [0, 0.05) is 38.0 Å². The maximum Gasteiger partial charge on any atom is 0.267 e. The number of rotatable bonds is 8. The van der Waals surface area contributed by atoms with Crippen molar-refractivity contribution in [3.05, 3.63) is 9.81 Å². The van der Waals surface area contributed by atoms with Crippen molar-refractivity contribution in [3.8, 4) is 0 Å². The van der Waals surface area contributed by atoms with Crippen LogP contribution < -0.4 is 10.6 Å². The van der Waals surface area contributed by atoms with Gasteiger partial charge >= 0.3 is 0 Å². The second-order valence-corrected chi connectivity index (χ2v) is 12.9. The van der Waals surface area contributed by atoms with Gasteiger partial charge in [-0.25, -0.2) is 0 Å². The van der Waals surface area contributed by atoms with Gasteiger partial charge in [-0.1, -0.05) is 86.5 Å². The molecule has 2 saturated carbocycles. The van der Waals surface area contributed by atoms with Crippen LogP contribution in [-0.2, 0) is 19.2 Å². The quantitative estimate of drug-likeness (QED) is 0.339. The average molecular weight is 569 g/mol. The van der Waals surface area contributed by atoms with Crippen molar-refractivity contribution in [3.63, 3.8) is 0 Å². The summed E-state index contributed by atoms with van der Waals surface area (Å²) in [5.74, 6) is -0.917. The van der Waals surface area contributed by atoms with Crippen molar-refractivity contribution >= 4 is 80.2 Å². The van der Waals surface area contributed by atoms with Gasteiger partial charge in [0.15, 0.2) is 0 Å². The summed E-state index contributed by atoms with van der Waals surface area (Å²) >= 11 is 12.9. The fourth-order valence-corrected chi connectivity index (χ4v) is 7.75. The highest BCUT2D eigenvalue weighted by atomic mass is 32.2. The molecule has 36 heavy (non-hydrogen) atoms. The zero-order valence-corrected chi connectivity index (χ0v) is 23.5. The summed E-state index contributed by atoms with van der Waals surface area (Å²) < 4.78 is 0.662. The Morgan fingerprint density at radius 2 is 1.06 bits per heavy atom. The van der Waals surface area contributed by atoms with Gasteiger partial charge in [-0.3, -0.25) is 29.0 Å². The van der Waals surface area contributed by atoms with Crippen molar-refractivity contribution in [2.75, 3.05) is 13.1 Å². The first-order valence-corrected chi connectivity index (χ1v) is 15.2. The van der Waals surface area contributed by atoms with Crippen LogP contribution in [0.3, 0.4) is 0 Å². The maximum absolute atomic E-state index is 13.1. The summed E-state index contributed by atoms with van der Waals surface area (Å²) in [5.41, 5.74) is 0. The Balaban J connectivity index is 1.30. The molecule has 2 saturated heterocycles. The Hall–Kier alpha value is -1.50. The SMILES string of the molecule is O=C(CCN1C(=O)C(=C2SC(=S)N(CCC(=O)NC3CCCCC3)C2=O)SC1=S)NC1CCCCC1. The molecule has 2 N–H and O–H groups in total. The molecule has 0 aromatic rings. The summed E-state index contributed by atoms with van der Waals surface area (Å²) in [7, 11) is 0. The van der Waals surface area contributed by atoms with E-state index >= 15 is 0 Å². The normalized spacial score (nSPS) is 24.1. The molecule has 12 heteroatoms. The lowest BCUT2D eigenvalue weighted by Crippen LogP contribution is -2.39. The van der Waals surface area contributed by atoms with Crippen LogP contribution in [0.25, 0.3) is 0 Å². The number of nitrogens with one attached hydrogen (secondary N) is 2. The molecule has 0 bridgehead atoms. The molecule has 0 radical (unpaired) electrons. The van der Waals surface area contributed by atoms with Crippen LogP contribution in [0, 0.1) is 0 Å². The number of thiocarbonyl (C=S) groups is 2. The molecular weight excluding hydrogens is 537 g/mol. The van der Waals surface area contributed by atoms with E-state index in [0.717, 1.165) is 74.9 Å². The largest absolute Gasteiger partial charge is 0.353 e. The lowest BCUT2D eigenvalue weighted by Gasteiger charge is -2.23. The number of thioether (sulfide) groups is 2. The van der Waals surface area contributed by atoms with Crippen LogP contribution in [0.4, 0.5) is 0 Å². The molecule has 2 aliphatic heterocycles. The zero-order valence-electron chi connectivity index (χ0n) is 20.2. The van der Waals surface area contributed by atoms with Crippen molar-refractivity contribution in [2.24, 2.45) is 0 Å². The number of hydrogen-bond donors (Lipinski definition) is 2. The van der Waals surface area contributed by atoms with Gasteiger partial charge in [0.2, 0.25) is 11.8 Å². The van der Waals surface area contributed by atoms with E-state index in [-0.39, 0.29) is 71.5 Å². The van der Waals surface area contributed by atoms with Gasteiger partial charge in [0.1, 0.15) is 8.64 Å². The lowest BCUT2D eigenvalue weighted by molar-refractivity contribution is -0.127. The molecule has 0 aromatic carbocycles. The van der Waals surface area contributed by atoms with Crippen molar-refractivity contribution in [2.45, 2.75) is 89.1 Å². The predicted octanol–water partition coefficient (Wildman–Crippen LogP) is 3.60. The van der Waals surface area contributed by atoms with Gasteiger partial charge in [0.25, 0.3) is 11.8 Å². The Labute approximate surface area is 231 Å². The Bertz CT molecular complexity index is 897. The second kappa shape index (κ2) is 12.8. The number of carbonyl (C=O) groups excluding carboxylic acids is 4. The third-order valence-corrected chi connectivity index (χ3v) is 10.00. The fraction of sp³-hybridized carbons (Fsp3) is 0.667. The highest BCUT2D eigenvalue weighted by molar-refractivity contribution is 8.29. The standard InChI is InChI=1S/C24H32N4O4S4/c29-17(25-15-7-3-1-4-8-15)11-13-27-21(31)19(35-23(27)33)20-22(32)28(24(34)36-20)14-12-18(30)26-16-9-5-2-6-10-16/h15-16H,1-14H2,(H,25,29)(H,26,30).